The van der Waals surface area contributed by atoms with E-state index < -0.39 is 7.59 Å². The summed E-state index contributed by atoms with van der Waals surface area (Å²) in [5.41, 5.74) is 0. The summed E-state index contributed by atoms with van der Waals surface area (Å²) in [6, 6.07) is 0. The van der Waals surface area contributed by atoms with Crippen LogP contribution in [-0.2, 0) is 19.1 Å². The van der Waals surface area contributed by atoms with Crippen molar-refractivity contribution in [1.82, 2.24) is 14.5 Å². The third kappa shape index (κ3) is 2.95. The highest BCUT2D eigenvalue weighted by atomic mass is 31.2. The Morgan fingerprint density at radius 1 is 0.600 bits per heavy atom. The van der Waals surface area contributed by atoms with Crippen molar-refractivity contribution < 1.29 is 19.1 Å². The average molecular weight is 305 g/mol. The third-order valence-corrected chi connectivity index (χ3v) is 6.51. The molecular weight excluding hydrogens is 281 g/mol. The Morgan fingerprint density at radius 3 is 1.20 bits per heavy atom. The van der Waals surface area contributed by atoms with Crippen LogP contribution in [0.2, 0.25) is 0 Å². The minimum Gasteiger partial charge on any atom is -0.290 e. The molecule has 0 aromatic heterocycles. The second-order valence-corrected chi connectivity index (χ2v) is 7.73. The molecule has 3 aliphatic rings. The Morgan fingerprint density at radius 2 is 0.950 bits per heavy atom. The Balaban J connectivity index is 1.81. The molecule has 0 aromatic carbocycles. The van der Waals surface area contributed by atoms with Crippen LogP contribution >= 0.6 is 7.59 Å². The van der Waals surface area contributed by atoms with E-state index in [-0.39, 0.29) is 0 Å². The Labute approximate surface area is 120 Å². The minimum atomic E-state index is -3.11. The molecule has 3 fully saturated rings. The number of hydroxylamine groups is 3. The van der Waals surface area contributed by atoms with Crippen molar-refractivity contribution in [1.29, 1.82) is 0 Å². The van der Waals surface area contributed by atoms with Crippen molar-refractivity contribution >= 4 is 7.59 Å². The number of nitrogens with zero attached hydrogens (tertiary/aromatic N) is 3. The molecule has 3 aliphatic heterocycles. The lowest BCUT2D eigenvalue weighted by atomic mass is 10.3. The first-order valence-electron chi connectivity index (χ1n) is 7.65. The third-order valence-electron chi connectivity index (χ3n) is 3.82. The molecule has 7 nitrogen and oxygen atoms in total. The van der Waals surface area contributed by atoms with Crippen LogP contribution in [0.3, 0.4) is 0 Å². The lowest BCUT2D eigenvalue weighted by Crippen LogP contribution is -2.45. The van der Waals surface area contributed by atoms with Gasteiger partial charge < -0.3 is 0 Å². The molecule has 3 rings (SSSR count). The van der Waals surface area contributed by atoms with Crippen LogP contribution in [0.15, 0.2) is 0 Å². The summed E-state index contributed by atoms with van der Waals surface area (Å²) in [5, 5.41) is 0. The summed E-state index contributed by atoms with van der Waals surface area (Å²) in [6.07, 6.45) is 6.01. The Kier molecular flexibility index (Phi) is 5.09. The molecule has 8 heteroatoms. The van der Waals surface area contributed by atoms with Crippen molar-refractivity contribution in [2.75, 3.05) is 39.5 Å². The van der Waals surface area contributed by atoms with Crippen LogP contribution in [0.25, 0.3) is 0 Å². The molecule has 116 valence electrons. The normalized spacial score (nSPS) is 28.6. The Bertz CT molecular complexity index is 300. The molecule has 0 radical (unpaired) electrons. The van der Waals surface area contributed by atoms with Gasteiger partial charge >= 0.3 is 7.59 Å². The van der Waals surface area contributed by atoms with Crippen molar-refractivity contribution in [3.8, 4) is 0 Å². The van der Waals surface area contributed by atoms with Gasteiger partial charge in [-0.1, -0.05) is 0 Å². The Hall–Kier alpha value is -0.0100. The van der Waals surface area contributed by atoms with Gasteiger partial charge in [-0.3, -0.25) is 19.1 Å². The molecular formula is C12H24N3O4P. The van der Waals surface area contributed by atoms with E-state index in [1.165, 1.54) is 0 Å². The standard InChI is InChI=1S/C12H24N3O4P/c16-20(13-7-1-4-10-17-13,14-8-2-5-11-18-14)15-9-3-6-12-19-15/h1-12H2. The molecule has 0 unspecified atom stereocenters. The van der Waals surface area contributed by atoms with E-state index in [1.54, 1.807) is 14.5 Å². The van der Waals surface area contributed by atoms with E-state index in [0.29, 0.717) is 39.5 Å². The van der Waals surface area contributed by atoms with Crippen molar-refractivity contribution in [3.63, 3.8) is 0 Å². The zero-order valence-corrected chi connectivity index (χ0v) is 12.8. The summed E-state index contributed by atoms with van der Waals surface area (Å²) < 4.78 is 13.7. The molecule has 0 bridgehead atoms. The van der Waals surface area contributed by atoms with Gasteiger partial charge in [-0.05, 0) is 38.5 Å². The molecule has 0 atom stereocenters. The van der Waals surface area contributed by atoms with E-state index in [4.69, 9.17) is 14.5 Å². The lowest BCUT2D eigenvalue weighted by Gasteiger charge is -2.45. The molecule has 0 N–H and O–H groups in total. The second-order valence-electron chi connectivity index (χ2n) is 5.36. The van der Waals surface area contributed by atoms with Crippen LogP contribution in [-0.4, -0.2) is 54.0 Å². The maximum absolute atomic E-state index is 13.7. The van der Waals surface area contributed by atoms with E-state index in [2.05, 4.69) is 0 Å². The van der Waals surface area contributed by atoms with Gasteiger partial charge in [-0.2, -0.15) is 0 Å². The minimum absolute atomic E-state index is 0.617. The average Bonchev–Trinajstić information content (AvgIpc) is 2.56. The number of rotatable bonds is 3. The lowest BCUT2D eigenvalue weighted by molar-refractivity contribution is -0.199. The maximum Gasteiger partial charge on any atom is 0.354 e. The molecule has 0 amide bonds. The topological polar surface area (TPSA) is 54.5 Å². The first-order valence-corrected chi connectivity index (χ1v) is 9.21. The van der Waals surface area contributed by atoms with Crippen molar-refractivity contribution in [2.45, 2.75) is 38.5 Å². The zero-order chi connectivity index (χ0) is 13.8. The van der Waals surface area contributed by atoms with Crippen LogP contribution in [0, 0.1) is 0 Å². The highest BCUT2D eigenvalue weighted by Gasteiger charge is 2.48. The van der Waals surface area contributed by atoms with Gasteiger partial charge in [-0.25, -0.2) is 0 Å². The van der Waals surface area contributed by atoms with Crippen LogP contribution in [0.5, 0.6) is 0 Å². The highest BCUT2D eigenvalue weighted by molar-refractivity contribution is 7.56. The smallest absolute Gasteiger partial charge is 0.290 e. The largest absolute Gasteiger partial charge is 0.354 e. The summed E-state index contributed by atoms with van der Waals surface area (Å²) >= 11 is 0. The molecule has 3 saturated heterocycles. The predicted molar refractivity (Wildman–Crippen MR) is 73.3 cm³/mol. The van der Waals surface area contributed by atoms with Gasteiger partial charge in [-0.15, -0.1) is 14.5 Å². The first kappa shape index (κ1) is 14.9. The van der Waals surface area contributed by atoms with Gasteiger partial charge in [0.1, 0.15) is 0 Å². The zero-order valence-electron chi connectivity index (χ0n) is 11.9. The number of hydrogen-bond acceptors (Lipinski definition) is 4. The number of hydrogen-bond donors (Lipinski definition) is 0. The molecule has 20 heavy (non-hydrogen) atoms. The molecule has 3 heterocycles. The fourth-order valence-electron chi connectivity index (χ4n) is 2.70. The second kappa shape index (κ2) is 6.83. The van der Waals surface area contributed by atoms with E-state index >= 15 is 0 Å². The summed E-state index contributed by atoms with van der Waals surface area (Å²) in [7, 11) is -3.11. The fraction of sp³-hybridized carbons (Fsp3) is 1.00. The molecule has 0 saturated carbocycles. The summed E-state index contributed by atoms with van der Waals surface area (Å²) in [6.45, 7) is 3.84. The van der Waals surface area contributed by atoms with Gasteiger partial charge in [0.25, 0.3) is 0 Å². The van der Waals surface area contributed by atoms with Crippen LogP contribution in [0.4, 0.5) is 0 Å². The van der Waals surface area contributed by atoms with Crippen molar-refractivity contribution in [2.24, 2.45) is 0 Å². The summed E-state index contributed by atoms with van der Waals surface area (Å²) in [4.78, 5) is 21.9. The van der Waals surface area contributed by atoms with Crippen LogP contribution < -0.4 is 0 Å². The quantitative estimate of drug-likeness (QED) is 0.741. The van der Waals surface area contributed by atoms with Gasteiger partial charge in [0.05, 0.1) is 19.8 Å². The maximum atomic E-state index is 13.7. The van der Waals surface area contributed by atoms with Crippen molar-refractivity contribution in [3.05, 3.63) is 0 Å². The fourth-order valence-corrected chi connectivity index (χ4v) is 5.27. The summed E-state index contributed by atoms with van der Waals surface area (Å²) in [5.74, 6) is 0. The highest BCUT2D eigenvalue weighted by Crippen LogP contribution is 2.58. The van der Waals surface area contributed by atoms with E-state index in [1.807, 2.05) is 0 Å². The molecule has 0 aliphatic carbocycles. The van der Waals surface area contributed by atoms with Crippen LogP contribution in [0.1, 0.15) is 38.5 Å². The molecule has 0 spiro atoms. The first-order chi connectivity index (χ1) is 9.82. The monoisotopic (exact) mass is 305 g/mol. The van der Waals surface area contributed by atoms with Gasteiger partial charge in [0, 0.05) is 19.6 Å². The predicted octanol–water partition coefficient (Wildman–Crippen LogP) is 2.18. The van der Waals surface area contributed by atoms with E-state index in [9.17, 15) is 4.57 Å². The SMILES string of the molecule is O=P(N1CCCCO1)(N1CCCCO1)N1CCCCO1. The van der Waals surface area contributed by atoms with Gasteiger partial charge in [0.15, 0.2) is 0 Å². The van der Waals surface area contributed by atoms with E-state index in [0.717, 1.165) is 38.5 Å². The van der Waals surface area contributed by atoms with Gasteiger partial charge in [0.2, 0.25) is 0 Å². The molecule has 0 aromatic rings.